The molecule has 0 radical (unpaired) electrons. The van der Waals surface area contributed by atoms with Crippen molar-refractivity contribution in [3.63, 3.8) is 0 Å². The summed E-state index contributed by atoms with van der Waals surface area (Å²) in [6.45, 7) is 9.96. The number of rotatable bonds is 1. The highest BCUT2D eigenvalue weighted by atomic mass is 16.5. The first-order chi connectivity index (χ1) is 8.94. The molecule has 3 rings (SSSR count). The van der Waals surface area contributed by atoms with Gasteiger partial charge in [0, 0.05) is 34.6 Å². The van der Waals surface area contributed by atoms with Crippen molar-refractivity contribution in [2.75, 3.05) is 13.7 Å². The van der Waals surface area contributed by atoms with Gasteiger partial charge in [-0.2, -0.15) is 0 Å². The lowest BCUT2D eigenvalue weighted by atomic mass is 9.78. The van der Waals surface area contributed by atoms with Gasteiger partial charge >= 0.3 is 0 Å². The molecule has 3 nitrogen and oxygen atoms in total. The molecule has 0 fully saturated rings. The highest BCUT2D eigenvalue weighted by Gasteiger charge is 2.34. The first kappa shape index (κ1) is 12.5. The van der Waals surface area contributed by atoms with Gasteiger partial charge in [-0.1, -0.05) is 13.8 Å². The molecule has 19 heavy (non-hydrogen) atoms. The molecule has 0 saturated carbocycles. The maximum Gasteiger partial charge on any atom is 0.119 e. The van der Waals surface area contributed by atoms with Gasteiger partial charge in [0.25, 0.3) is 0 Å². The Morgan fingerprint density at radius 1 is 1.32 bits per heavy atom. The van der Waals surface area contributed by atoms with Gasteiger partial charge in [-0.3, -0.25) is 0 Å². The molecular weight excluding hydrogens is 236 g/mol. The van der Waals surface area contributed by atoms with Crippen LogP contribution in [0.4, 0.5) is 0 Å². The molecular formula is C16H22N2O. The molecule has 0 spiro atoms. The van der Waals surface area contributed by atoms with Crippen LogP contribution in [0.1, 0.15) is 43.6 Å². The zero-order valence-corrected chi connectivity index (χ0v) is 12.3. The van der Waals surface area contributed by atoms with E-state index >= 15 is 0 Å². The Labute approximate surface area is 114 Å². The Hall–Kier alpha value is -1.48. The van der Waals surface area contributed by atoms with Crippen LogP contribution in [0.2, 0.25) is 0 Å². The van der Waals surface area contributed by atoms with Gasteiger partial charge in [-0.05, 0) is 37.1 Å². The van der Waals surface area contributed by atoms with E-state index in [1.54, 1.807) is 7.11 Å². The van der Waals surface area contributed by atoms with E-state index in [4.69, 9.17) is 4.74 Å². The summed E-state index contributed by atoms with van der Waals surface area (Å²) in [5.74, 6) is 0.939. The molecule has 102 valence electrons. The fourth-order valence-corrected chi connectivity index (χ4v) is 3.23. The predicted octanol–water partition coefficient (Wildman–Crippen LogP) is 3.43. The summed E-state index contributed by atoms with van der Waals surface area (Å²) in [5, 5.41) is 4.89. The van der Waals surface area contributed by atoms with Gasteiger partial charge in [0.2, 0.25) is 0 Å². The normalized spacial score (nSPS) is 21.4. The standard InChI is InChI=1S/C16H22N2O/c1-9-6-11(19-5)7-12-13-15(18-14(9)12)10(2)17-8-16(13,3)4/h6-7,10,17-18H,8H2,1-5H3. The van der Waals surface area contributed by atoms with E-state index in [1.165, 1.54) is 27.7 Å². The second-order valence-corrected chi connectivity index (χ2v) is 6.27. The summed E-state index contributed by atoms with van der Waals surface area (Å²) in [4.78, 5) is 3.62. The third kappa shape index (κ3) is 1.76. The number of fused-ring (bicyclic) bond motifs is 3. The van der Waals surface area contributed by atoms with E-state index in [-0.39, 0.29) is 5.41 Å². The third-order valence-corrected chi connectivity index (χ3v) is 4.30. The Balaban J connectivity index is 2.38. The van der Waals surface area contributed by atoms with E-state index in [0.717, 1.165) is 12.3 Å². The number of aromatic amines is 1. The van der Waals surface area contributed by atoms with Crippen molar-refractivity contribution in [2.24, 2.45) is 0 Å². The topological polar surface area (TPSA) is 37.0 Å². The van der Waals surface area contributed by atoms with E-state index in [2.05, 4.69) is 50.1 Å². The fourth-order valence-electron chi connectivity index (χ4n) is 3.23. The summed E-state index contributed by atoms with van der Waals surface area (Å²) in [7, 11) is 1.73. The zero-order chi connectivity index (χ0) is 13.8. The van der Waals surface area contributed by atoms with Crippen molar-refractivity contribution in [2.45, 2.75) is 39.2 Å². The number of ether oxygens (including phenoxy) is 1. The summed E-state index contributed by atoms with van der Waals surface area (Å²) in [6.07, 6.45) is 0. The molecule has 1 aliphatic heterocycles. The van der Waals surface area contributed by atoms with Crippen LogP contribution in [0.15, 0.2) is 12.1 Å². The van der Waals surface area contributed by atoms with Crippen LogP contribution < -0.4 is 10.1 Å². The molecule has 1 unspecified atom stereocenters. The minimum Gasteiger partial charge on any atom is -0.497 e. The number of benzene rings is 1. The van der Waals surface area contributed by atoms with Crippen molar-refractivity contribution < 1.29 is 4.74 Å². The van der Waals surface area contributed by atoms with Crippen LogP contribution in [0.5, 0.6) is 5.75 Å². The second kappa shape index (κ2) is 4.01. The van der Waals surface area contributed by atoms with E-state index in [1.807, 2.05) is 0 Å². The van der Waals surface area contributed by atoms with Gasteiger partial charge in [0.1, 0.15) is 5.75 Å². The monoisotopic (exact) mass is 258 g/mol. The van der Waals surface area contributed by atoms with E-state index < -0.39 is 0 Å². The summed E-state index contributed by atoms with van der Waals surface area (Å²) >= 11 is 0. The van der Waals surface area contributed by atoms with E-state index in [0.29, 0.717) is 6.04 Å². The number of methoxy groups -OCH3 is 1. The van der Waals surface area contributed by atoms with Gasteiger partial charge < -0.3 is 15.0 Å². The Bertz CT molecular complexity index is 640. The van der Waals surface area contributed by atoms with Crippen LogP contribution in [0, 0.1) is 6.92 Å². The number of H-pyrrole nitrogens is 1. The summed E-state index contributed by atoms with van der Waals surface area (Å²) in [5.41, 5.74) is 5.39. The molecule has 0 bridgehead atoms. The van der Waals surface area contributed by atoms with E-state index in [9.17, 15) is 0 Å². The Morgan fingerprint density at radius 3 is 2.74 bits per heavy atom. The minimum absolute atomic E-state index is 0.138. The lowest BCUT2D eigenvalue weighted by molar-refractivity contribution is 0.394. The van der Waals surface area contributed by atoms with Crippen molar-refractivity contribution in [3.8, 4) is 5.75 Å². The lowest BCUT2D eigenvalue weighted by Gasteiger charge is -2.34. The van der Waals surface area contributed by atoms with Crippen LogP contribution in [-0.4, -0.2) is 18.6 Å². The van der Waals surface area contributed by atoms with Crippen molar-refractivity contribution in [1.82, 2.24) is 10.3 Å². The molecule has 2 aromatic rings. The minimum atomic E-state index is 0.138. The highest BCUT2D eigenvalue weighted by Crippen LogP contribution is 2.41. The molecule has 0 aliphatic carbocycles. The number of aromatic nitrogens is 1. The van der Waals surface area contributed by atoms with Gasteiger partial charge in [-0.15, -0.1) is 0 Å². The molecule has 1 aromatic carbocycles. The van der Waals surface area contributed by atoms with Crippen molar-refractivity contribution in [3.05, 3.63) is 29.0 Å². The average Bonchev–Trinajstić information content (AvgIpc) is 2.76. The molecule has 0 saturated heterocycles. The second-order valence-electron chi connectivity index (χ2n) is 6.27. The SMILES string of the molecule is COc1cc(C)c2[nH]c3c(c2c1)C(C)(C)CNC3C. The summed E-state index contributed by atoms with van der Waals surface area (Å²) in [6, 6.07) is 4.63. The van der Waals surface area contributed by atoms with Crippen LogP contribution in [0.25, 0.3) is 10.9 Å². The third-order valence-electron chi connectivity index (χ3n) is 4.30. The zero-order valence-electron chi connectivity index (χ0n) is 12.3. The molecule has 0 amide bonds. The average molecular weight is 258 g/mol. The smallest absolute Gasteiger partial charge is 0.119 e. The highest BCUT2D eigenvalue weighted by molar-refractivity contribution is 5.90. The maximum atomic E-state index is 5.43. The van der Waals surface area contributed by atoms with Crippen LogP contribution in [-0.2, 0) is 5.41 Å². The van der Waals surface area contributed by atoms with Crippen molar-refractivity contribution in [1.29, 1.82) is 0 Å². The summed E-state index contributed by atoms with van der Waals surface area (Å²) < 4.78 is 5.43. The predicted molar refractivity (Wildman–Crippen MR) is 79.0 cm³/mol. The molecule has 2 N–H and O–H groups in total. The first-order valence-electron chi connectivity index (χ1n) is 6.88. The Kier molecular flexibility index (Phi) is 2.65. The van der Waals surface area contributed by atoms with Gasteiger partial charge in [0.05, 0.1) is 7.11 Å². The fraction of sp³-hybridized carbons (Fsp3) is 0.500. The number of aryl methyl sites for hydroxylation is 1. The molecule has 1 atom stereocenters. The number of hydrogen-bond donors (Lipinski definition) is 2. The molecule has 1 aliphatic rings. The van der Waals surface area contributed by atoms with Crippen molar-refractivity contribution >= 4 is 10.9 Å². The van der Waals surface area contributed by atoms with Crippen LogP contribution in [0.3, 0.4) is 0 Å². The van der Waals surface area contributed by atoms with Gasteiger partial charge in [-0.25, -0.2) is 0 Å². The Morgan fingerprint density at radius 2 is 2.05 bits per heavy atom. The first-order valence-corrected chi connectivity index (χ1v) is 6.88. The number of hydrogen-bond acceptors (Lipinski definition) is 2. The van der Waals surface area contributed by atoms with Crippen LogP contribution >= 0.6 is 0 Å². The molecule has 3 heteroatoms. The quantitative estimate of drug-likeness (QED) is 0.822. The van der Waals surface area contributed by atoms with Gasteiger partial charge in [0.15, 0.2) is 0 Å². The number of nitrogens with one attached hydrogen (secondary N) is 2. The molecule has 1 aromatic heterocycles. The molecule has 2 heterocycles. The largest absolute Gasteiger partial charge is 0.497 e. The maximum absolute atomic E-state index is 5.43. The lowest BCUT2D eigenvalue weighted by Crippen LogP contribution is -2.40.